The van der Waals surface area contributed by atoms with Crippen LogP contribution >= 0.6 is 0 Å². The molecule has 0 unspecified atom stereocenters. The van der Waals surface area contributed by atoms with E-state index in [1.54, 1.807) is 12.3 Å². The fourth-order valence-corrected chi connectivity index (χ4v) is 5.08. The van der Waals surface area contributed by atoms with Gasteiger partial charge in [-0.25, -0.2) is 9.97 Å². The highest BCUT2D eigenvalue weighted by atomic mass is 19.4. The molecule has 1 aliphatic heterocycles. The second-order valence-electron chi connectivity index (χ2n) is 10.8. The van der Waals surface area contributed by atoms with Crippen LogP contribution in [0.2, 0.25) is 0 Å². The zero-order valence-corrected chi connectivity index (χ0v) is 22.0. The van der Waals surface area contributed by atoms with Crippen molar-refractivity contribution < 1.29 is 23.4 Å². The minimum Gasteiger partial charge on any atom is -0.380 e. The van der Waals surface area contributed by atoms with E-state index in [0.29, 0.717) is 30.1 Å². The number of aromatic nitrogens is 3. The van der Waals surface area contributed by atoms with E-state index in [9.17, 15) is 23.4 Å². The van der Waals surface area contributed by atoms with Gasteiger partial charge >= 0.3 is 6.18 Å². The fourth-order valence-electron chi connectivity index (χ4n) is 5.08. The van der Waals surface area contributed by atoms with Gasteiger partial charge in [0.25, 0.3) is 0 Å². The van der Waals surface area contributed by atoms with E-state index in [2.05, 4.69) is 45.5 Å². The van der Waals surface area contributed by atoms with E-state index in [1.807, 2.05) is 38.2 Å². The number of rotatable bonds is 5. The van der Waals surface area contributed by atoms with Gasteiger partial charge in [-0.15, -0.1) is 0 Å². The van der Waals surface area contributed by atoms with Crippen molar-refractivity contribution in [1.82, 2.24) is 19.9 Å². The van der Waals surface area contributed by atoms with Gasteiger partial charge < -0.3 is 15.1 Å². The van der Waals surface area contributed by atoms with Gasteiger partial charge in [0.15, 0.2) is 5.60 Å². The van der Waals surface area contributed by atoms with Gasteiger partial charge in [0.2, 0.25) is 5.82 Å². The summed E-state index contributed by atoms with van der Waals surface area (Å²) in [6.07, 6.45) is -0.736. The zero-order valence-electron chi connectivity index (χ0n) is 22.0. The van der Waals surface area contributed by atoms with Gasteiger partial charge in [-0.1, -0.05) is 56.9 Å². The summed E-state index contributed by atoms with van der Waals surface area (Å²) in [5.74, 6) is 4.39. The third kappa shape index (κ3) is 5.17. The van der Waals surface area contributed by atoms with Crippen molar-refractivity contribution in [2.75, 3.05) is 20.1 Å². The Hall–Kier alpha value is -3.32. The van der Waals surface area contributed by atoms with E-state index in [0.717, 1.165) is 17.3 Å². The lowest BCUT2D eigenvalue weighted by atomic mass is 9.62. The van der Waals surface area contributed by atoms with Crippen molar-refractivity contribution in [2.24, 2.45) is 5.41 Å². The van der Waals surface area contributed by atoms with Crippen molar-refractivity contribution in [3.8, 4) is 11.8 Å². The van der Waals surface area contributed by atoms with Gasteiger partial charge in [-0.3, -0.25) is 4.98 Å². The van der Waals surface area contributed by atoms with Crippen molar-refractivity contribution >= 4 is 0 Å². The molecule has 6 nitrogen and oxygen atoms in total. The lowest BCUT2D eigenvalue weighted by Crippen LogP contribution is -2.63. The average molecular weight is 525 g/mol. The Morgan fingerprint density at radius 3 is 2.26 bits per heavy atom. The zero-order chi connectivity index (χ0) is 27.9. The van der Waals surface area contributed by atoms with E-state index < -0.39 is 28.6 Å². The van der Waals surface area contributed by atoms with Crippen LogP contribution in [0.1, 0.15) is 67.4 Å². The molecule has 1 saturated heterocycles. The van der Waals surface area contributed by atoms with Crippen LogP contribution in [0.25, 0.3) is 0 Å². The number of benzene rings is 1. The number of hydrogen-bond donors (Lipinski definition) is 2. The molecule has 1 aliphatic rings. The Morgan fingerprint density at radius 2 is 1.68 bits per heavy atom. The molecule has 2 atom stereocenters. The second kappa shape index (κ2) is 9.77. The van der Waals surface area contributed by atoms with Gasteiger partial charge in [-0.05, 0) is 43.1 Å². The number of aliphatic hydroxyl groups is 2. The van der Waals surface area contributed by atoms with Crippen LogP contribution in [0.3, 0.4) is 0 Å². The third-order valence-corrected chi connectivity index (χ3v) is 7.12. The first kappa shape index (κ1) is 27.7. The second-order valence-corrected chi connectivity index (χ2v) is 10.8. The summed E-state index contributed by atoms with van der Waals surface area (Å²) >= 11 is 0. The summed E-state index contributed by atoms with van der Waals surface area (Å²) in [5.41, 5.74) is -1.32. The van der Waals surface area contributed by atoms with Crippen LogP contribution in [0, 0.1) is 17.3 Å². The Bertz CT molecular complexity index is 1370. The molecule has 4 rings (SSSR count). The van der Waals surface area contributed by atoms with Crippen molar-refractivity contribution in [3.05, 3.63) is 88.8 Å². The molecule has 1 aromatic carbocycles. The minimum absolute atomic E-state index is 0.275. The van der Waals surface area contributed by atoms with Gasteiger partial charge in [0, 0.05) is 48.2 Å². The highest BCUT2D eigenvalue weighted by Crippen LogP contribution is 2.50. The largest absolute Gasteiger partial charge is 0.451 e. The topological polar surface area (TPSA) is 82.4 Å². The molecule has 0 amide bonds. The highest BCUT2D eigenvalue weighted by molar-refractivity contribution is 5.45. The van der Waals surface area contributed by atoms with Crippen LogP contribution in [0.4, 0.5) is 13.2 Å². The summed E-state index contributed by atoms with van der Waals surface area (Å²) < 4.78 is 39.1. The smallest absolute Gasteiger partial charge is 0.380 e. The van der Waals surface area contributed by atoms with Crippen molar-refractivity contribution in [3.63, 3.8) is 0 Å². The fraction of sp³-hybridized carbons (Fsp3) is 0.414. The predicted molar refractivity (Wildman–Crippen MR) is 137 cm³/mol. The first-order valence-corrected chi connectivity index (χ1v) is 12.3. The highest BCUT2D eigenvalue weighted by Gasteiger charge is 2.55. The van der Waals surface area contributed by atoms with Crippen LogP contribution < -0.4 is 0 Å². The van der Waals surface area contributed by atoms with Crippen molar-refractivity contribution in [1.29, 1.82) is 0 Å². The number of pyridine rings is 1. The Kier molecular flexibility index (Phi) is 7.12. The average Bonchev–Trinajstić information content (AvgIpc) is 2.86. The maximum atomic E-state index is 13.0. The Labute approximate surface area is 220 Å². The van der Waals surface area contributed by atoms with Gasteiger partial charge in [0.1, 0.15) is 5.60 Å². The number of nitrogens with zero attached hydrogens (tertiary/aromatic N) is 4. The molecule has 2 aromatic heterocycles. The van der Waals surface area contributed by atoms with E-state index >= 15 is 0 Å². The molecule has 0 saturated carbocycles. The number of halogens is 3. The van der Waals surface area contributed by atoms with Crippen LogP contribution in [-0.4, -0.2) is 50.2 Å². The van der Waals surface area contributed by atoms with Crippen LogP contribution in [-0.2, 0) is 17.4 Å². The number of hydrogen-bond acceptors (Lipinski definition) is 6. The van der Waals surface area contributed by atoms with Gasteiger partial charge in [-0.2, -0.15) is 13.2 Å². The molecule has 0 spiro atoms. The molecule has 0 radical (unpaired) electrons. The predicted octanol–water partition coefficient (Wildman–Crippen LogP) is 4.46. The molecular weight excluding hydrogens is 493 g/mol. The number of likely N-dealkylation sites (tertiary alicyclic amines) is 1. The maximum absolute atomic E-state index is 13.0. The molecule has 38 heavy (non-hydrogen) atoms. The number of alkyl halides is 3. The summed E-state index contributed by atoms with van der Waals surface area (Å²) in [6.45, 7) is 8.83. The Balaban J connectivity index is 1.73. The van der Waals surface area contributed by atoms with E-state index in [1.165, 1.54) is 19.2 Å². The lowest BCUT2D eigenvalue weighted by Gasteiger charge is -2.55. The molecule has 3 heterocycles. The summed E-state index contributed by atoms with van der Waals surface area (Å²) in [7, 11) is 1.99. The monoisotopic (exact) mass is 524 g/mol. The normalized spacial score (nSPS) is 18.6. The summed E-state index contributed by atoms with van der Waals surface area (Å²) in [4.78, 5) is 13.1. The molecule has 200 valence electrons. The minimum atomic E-state index is -4.75. The molecule has 0 aliphatic carbocycles. The standard InChI is InChI=1S/C29H31F3N4O2/c1-19(2)21-6-8-22(9-7-21)28(38,26(3)17-36(5)18-26)23-14-20(15-33-16-23)10-12-27(4,37)24-11-13-34-25(35-24)29(30,31)32/h6-9,11,13-16,19,37-38H,17-18H2,1-5H3/t27-,28-/m0/s1. The van der Waals surface area contributed by atoms with Crippen LogP contribution in [0.5, 0.6) is 0 Å². The molecule has 9 heteroatoms. The maximum Gasteiger partial charge on any atom is 0.451 e. The first-order valence-electron chi connectivity index (χ1n) is 12.3. The lowest BCUT2D eigenvalue weighted by molar-refractivity contribution is -0.145. The summed E-state index contributed by atoms with van der Waals surface area (Å²) in [6, 6.07) is 10.8. The molecule has 2 N–H and O–H groups in total. The first-order chi connectivity index (χ1) is 17.7. The quantitative estimate of drug-likeness (QED) is 0.480. The molecule has 0 bridgehead atoms. The molecule has 1 fully saturated rings. The van der Waals surface area contributed by atoms with Crippen LogP contribution in [0.15, 0.2) is 55.0 Å². The Morgan fingerprint density at radius 1 is 1.03 bits per heavy atom. The molecular formula is C29H31F3N4O2. The third-order valence-electron chi connectivity index (χ3n) is 7.12. The van der Waals surface area contributed by atoms with Crippen molar-refractivity contribution in [2.45, 2.75) is 51.0 Å². The summed E-state index contributed by atoms with van der Waals surface area (Å²) in [5, 5.41) is 23.1. The van der Waals surface area contributed by atoms with E-state index in [-0.39, 0.29) is 5.69 Å². The van der Waals surface area contributed by atoms with Gasteiger partial charge in [0.05, 0.1) is 5.69 Å². The van der Waals surface area contributed by atoms with E-state index in [4.69, 9.17) is 0 Å². The SMILES string of the molecule is CC(C)c1ccc([C@](O)(c2cncc(C#C[C@](C)(O)c3ccnc(C(F)(F)F)n3)c2)C2(C)CN(C)C2)cc1. The molecule has 3 aromatic rings.